The van der Waals surface area contributed by atoms with Gasteiger partial charge >= 0.3 is 0 Å². The molecular formula is C18H21FN2. The topological polar surface area (TPSA) is 29.3 Å². The lowest BCUT2D eigenvalue weighted by Crippen LogP contribution is -2.30. The van der Waals surface area contributed by atoms with E-state index >= 15 is 0 Å². The summed E-state index contributed by atoms with van der Waals surface area (Å²) in [7, 11) is 2.01. The fourth-order valence-electron chi connectivity index (χ4n) is 2.81. The third kappa shape index (κ3) is 3.08. The van der Waals surface area contributed by atoms with E-state index in [0.717, 1.165) is 11.6 Å². The monoisotopic (exact) mass is 284 g/mol. The number of hydrogen-bond donors (Lipinski definition) is 1. The van der Waals surface area contributed by atoms with Gasteiger partial charge in [-0.3, -0.25) is 0 Å². The van der Waals surface area contributed by atoms with Gasteiger partial charge in [-0.2, -0.15) is 0 Å². The Balaban J connectivity index is 1.86. The van der Waals surface area contributed by atoms with Crippen LogP contribution in [0.4, 0.5) is 10.1 Å². The smallest absolute Gasteiger partial charge is 0.123 e. The summed E-state index contributed by atoms with van der Waals surface area (Å²) in [4.78, 5) is 2.12. The second-order valence-electron chi connectivity index (χ2n) is 5.78. The van der Waals surface area contributed by atoms with Crippen LogP contribution in [0, 0.1) is 5.82 Å². The average Bonchev–Trinajstić information content (AvgIpc) is 3.34. The molecule has 1 saturated carbocycles. The van der Waals surface area contributed by atoms with Crippen LogP contribution in [0.2, 0.25) is 0 Å². The van der Waals surface area contributed by atoms with Crippen LogP contribution in [-0.2, 0) is 0 Å². The number of anilines is 1. The fraction of sp³-hybridized carbons (Fsp3) is 0.333. The molecule has 2 aromatic carbocycles. The molecule has 3 rings (SSSR count). The van der Waals surface area contributed by atoms with Gasteiger partial charge in [-0.1, -0.05) is 24.3 Å². The quantitative estimate of drug-likeness (QED) is 0.904. The molecule has 1 unspecified atom stereocenters. The molecule has 2 nitrogen and oxygen atoms in total. The summed E-state index contributed by atoms with van der Waals surface area (Å²) in [6, 6.07) is 15.4. The molecule has 2 N–H and O–H groups in total. The first-order valence-corrected chi connectivity index (χ1v) is 7.47. The minimum absolute atomic E-state index is 0.106. The molecule has 0 spiro atoms. The van der Waals surface area contributed by atoms with Crippen molar-refractivity contribution in [1.82, 2.24) is 0 Å². The lowest BCUT2D eigenvalue weighted by atomic mass is 10.0. The summed E-state index contributed by atoms with van der Waals surface area (Å²) in [5, 5.41) is 0. The molecular weight excluding hydrogens is 263 g/mol. The molecule has 0 bridgehead atoms. The second-order valence-corrected chi connectivity index (χ2v) is 5.78. The lowest BCUT2D eigenvalue weighted by Gasteiger charge is -2.30. The van der Waals surface area contributed by atoms with Gasteiger partial charge < -0.3 is 10.6 Å². The summed E-state index contributed by atoms with van der Waals surface area (Å²) in [5.41, 5.74) is 9.62. The van der Waals surface area contributed by atoms with E-state index in [4.69, 9.17) is 5.73 Å². The van der Waals surface area contributed by atoms with Gasteiger partial charge in [0.05, 0.1) is 6.04 Å². The molecule has 0 saturated heterocycles. The first-order chi connectivity index (χ1) is 10.2. The predicted octanol–water partition coefficient (Wildman–Crippen LogP) is 3.84. The summed E-state index contributed by atoms with van der Waals surface area (Å²) in [6.07, 6.45) is 2.59. The number of likely N-dealkylation sites (N-methyl/N-ethyl adjacent to an activating group) is 1. The van der Waals surface area contributed by atoms with Crippen LogP contribution in [0.3, 0.4) is 0 Å². The first kappa shape index (κ1) is 14.1. The van der Waals surface area contributed by atoms with E-state index in [1.54, 1.807) is 12.1 Å². The van der Waals surface area contributed by atoms with Crippen molar-refractivity contribution in [2.45, 2.75) is 24.8 Å². The van der Waals surface area contributed by atoms with Gasteiger partial charge in [-0.15, -0.1) is 0 Å². The van der Waals surface area contributed by atoms with E-state index in [0.29, 0.717) is 6.54 Å². The summed E-state index contributed by atoms with van der Waals surface area (Å²) < 4.78 is 13.1. The maximum atomic E-state index is 13.1. The van der Waals surface area contributed by atoms with Crippen LogP contribution in [0.25, 0.3) is 0 Å². The molecule has 1 fully saturated rings. The zero-order chi connectivity index (χ0) is 14.8. The second kappa shape index (κ2) is 5.86. The predicted molar refractivity (Wildman–Crippen MR) is 85.0 cm³/mol. The van der Waals surface area contributed by atoms with Crippen molar-refractivity contribution >= 4 is 5.69 Å². The number of nitrogens with two attached hydrogens (primary N) is 1. The highest BCUT2D eigenvalue weighted by Gasteiger charge is 2.24. The highest BCUT2D eigenvalue weighted by molar-refractivity contribution is 5.48. The lowest BCUT2D eigenvalue weighted by molar-refractivity contribution is 0.626. The minimum atomic E-state index is -0.216. The van der Waals surface area contributed by atoms with Gasteiger partial charge in [0, 0.05) is 19.3 Å². The van der Waals surface area contributed by atoms with Gasteiger partial charge in [-0.25, -0.2) is 4.39 Å². The molecule has 0 heterocycles. The van der Waals surface area contributed by atoms with Crippen molar-refractivity contribution in [3.05, 3.63) is 65.5 Å². The number of benzene rings is 2. The van der Waals surface area contributed by atoms with E-state index in [1.807, 2.05) is 7.05 Å². The molecule has 0 aromatic heterocycles. The zero-order valence-corrected chi connectivity index (χ0v) is 12.3. The van der Waals surface area contributed by atoms with Crippen molar-refractivity contribution in [1.29, 1.82) is 0 Å². The van der Waals surface area contributed by atoms with Gasteiger partial charge in [0.1, 0.15) is 5.82 Å². The normalized spacial score (nSPS) is 15.8. The summed E-state index contributed by atoms with van der Waals surface area (Å²) >= 11 is 0. The maximum Gasteiger partial charge on any atom is 0.123 e. The zero-order valence-electron chi connectivity index (χ0n) is 12.3. The largest absolute Gasteiger partial charge is 0.366 e. The molecule has 1 aliphatic carbocycles. The Kier molecular flexibility index (Phi) is 3.93. The minimum Gasteiger partial charge on any atom is -0.366 e. The third-order valence-electron chi connectivity index (χ3n) is 4.27. The van der Waals surface area contributed by atoms with Crippen LogP contribution in [0.1, 0.15) is 35.9 Å². The SMILES string of the molecule is CN(c1ccc(F)cc1)C(CN)c1cccc(C2CC2)c1. The maximum absolute atomic E-state index is 13.1. The van der Waals surface area contributed by atoms with Gasteiger partial charge in [0.25, 0.3) is 0 Å². The van der Waals surface area contributed by atoms with Crippen LogP contribution in [-0.4, -0.2) is 13.6 Å². The molecule has 0 radical (unpaired) electrons. The molecule has 110 valence electrons. The number of rotatable bonds is 5. The Morgan fingerprint density at radius 2 is 1.90 bits per heavy atom. The standard InChI is InChI=1S/C18H21FN2/c1-21(17-9-7-16(19)8-10-17)18(12-20)15-4-2-3-14(11-15)13-5-6-13/h2-4,7-11,13,18H,5-6,12,20H2,1H3. The van der Waals surface area contributed by atoms with Crippen LogP contribution in [0.5, 0.6) is 0 Å². The molecule has 1 atom stereocenters. The van der Waals surface area contributed by atoms with E-state index in [2.05, 4.69) is 29.2 Å². The molecule has 2 aromatic rings. The van der Waals surface area contributed by atoms with Gasteiger partial charge in [0.2, 0.25) is 0 Å². The number of nitrogens with zero attached hydrogens (tertiary/aromatic N) is 1. The van der Waals surface area contributed by atoms with E-state index in [1.165, 1.54) is 36.1 Å². The van der Waals surface area contributed by atoms with Crippen molar-refractivity contribution in [2.24, 2.45) is 5.73 Å². The van der Waals surface area contributed by atoms with E-state index < -0.39 is 0 Å². The van der Waals surface area contributed by atoms with Crippen LogP contribution in [0.15, 0.2) is 48.5 Å². The van der Waals surface area contributed by atoms with Crippen molar-refractivity contribution in [3.8, 4) is 0 Å². The Morgan fingerprint density at radius 3 is 2.52 bits per heavy atom. The summed E-state index contributed by atoms with van der Waals surface area (Å²) in [5.74, 6) is 0.520. The Bertz CT molecular complexity index is 605. The Hall–Kier alpha value is -1.87. The highest BCUT2D eigenvalue weighted by atomic mass is 19.1. The molecule has 1 aliphatic rings. The first-order valence-electron chi connectivity index (χ1n) is 7.47. The van der Waals surface area contributed by atoms with Crippen LogP contribution < -0.4 is 10.6 Å². The number of hydrogen-bond acceptors (Lipinski definition) is 2. The Morgan fingerprint density at radius 1 is 1.19 bits per heavy atom. The molecule has 21 heavy (non-hydrogen) atoms. The molecule has 0 amide bonds. The van der Waals surface area contributed by atoms with Crippen molar-refractivity contribution in [3.63, 3.8) is 0 Å². The Labute approximate surface area is 125 Å². The van der Waals surface area contributed by atoms with Crippen LogP contribution >= 0.6 is 0 Å². The highest BCUT2D eigenvalue weighted by Crippen LogP contribution is 2.41. The van der Waals surface area contributed by atoms with E-state index in [9.17, 15) is 4.39 Å². The van der Waals surface area contributed by atoms with Gasteiger partial charge in [0.15, 0.2) is 0 Å². The molecule has 3 heteroatoms. The molecule has 0 aliphatic heterocycles. The van der Waals surface area contributed by atoms with E-state index in [-0.39, 0.29) is 11.9 Å². The average molecular weight is 284 g/mol. The van der Waals surface area contributed by atoms with Gasteiger partial charge in [-0.05, 0) is 54.2 Å². The summed E-state index contributed by atoms with van der Waals surface area (Å²) in [6.45, 7) is 0.530. The fourth-order valence-corrected chi connectivity index (χ4v) is 2.81. The van der Waals surface area contributed by atoms with Crippen molar-refractivity contribution < 1.29 is 4.39 Å². The third-order valence-corrected chi connectivity index (χ3v) is 4.27. The number of halogens is 1. The van der Waals surface area contributed by atoms with Crippen molar-refractivity contribution in [2.75, 3.05) is 18.5 Å².